The van der Waals surface area contributed by atoms with Crippen LogP contribution in [0.25, 0.3) is 0 Å². The van der Waals surface area contributed by atoms with Crippen molar-refractivity contribution in [2.75, 3.05) is 19.8 Å². The number of nitrogens with one attached hydrogen (secondary N) is 1. The van der Waals surface area contributed by atoms with Gasteiger partial charge in [-0.3, -0.25) is 4.79 Å². The molecule has 1 heterocycles. The molecular weight excluding hydrogens is 288 g/mol. The second-order valence-electron chi connectivity index (χ2n) is 5.47. The standard InChI is InChI=1S/C15H20N2O3S/c1-15(2,13(16)21)14(18)17-6-5-10-3-4-11-12(9-10)20-8-7-19-11/h3-4,9H,5-8H2,1-2H3,(H2,16,21)(H,17,18). The van der Waals surface area contributed by atoms with Crippen molar-refractivity contribution in [1.82, 2.24) is 5.32 Å². The van der Waals surface area contributed by atoms with E-state index in [4.69, 9.17) is 27.4 Å². The summed E-state index contributed by atoms with van der Waals surface area (Å²) in [4.78, 5) is 12.2. The summed E-state index contributed by atoms with van der Waals surface area (Å²) < 4.78 is 11.0. The molecule has 0 aromatic heterocycles. The van der Waals surface area contributed by atoms with Gasteiger partial charge in [-0.1, -0.05) is 18.3 Å². The van der Waals surface area contributed by atoms with Crippen molar-refractivity contribution in [3.8, 4) is 11.5 Å². The van der Waals surface area contributed by atoms with Gasteiger partial charge in [-0.05, 0) is 38.0 Å². The quantitative estimate of drug-likeness (QED) is 0.805. The number of nitrogens with two attached hydrogens (primary N) is 1. The molecule has 0 atom stereocenters. The number of ether oxygens (including phenoxy) is 2. The summed E-state index contributed by atoms with van der Waals surface area (Å²) in [5.74, 6) is 1.37. The maximum Gasteiger partial charge on any atom is 0.232 e. The molecule has 1 amide bonds. The van der Waals surface area contributed by atoms with E-state index >= 15 is 0 Å². The fourth-order valence-corrected chi connectivity index (χ4v) is 1.99. The largest absolute Gasteiger partial charge is 0.486 e. The highest BCUT2D eigenvalue weighted by atomic mass is 32.1. The maximum atomic E-state index is 12.0. The van der Waals surface area contributed by atoms with Crippen LogP contribution in [0.5, 0.6) is 11.5 Å². The number of rotatable bonds is 5. The average molecular weight is 308 g/mol. The van der Waals surface area contributed by atoms with Gasteiger partial charge in [0, 0.05) is 6.54 Å². The first kappa shape index (κ1) is 15.6. The van der Waals surface area contributed by atoms with Crippen LogP contribution >= 0.6 is 12.2 Å². The Morgan fingerprint density at radius 1 is 1.33 bits per heavy atom. The molecule has 0 unspecified atom stereocenters. The number of amides is 1. The average Bonchev–Trinajstić information content (AvgIpc) is 2.46. The zero-order valence-electron chi connectivity index (χ0n) is 12.3. The van der Waals surface area contributed by atoms with Crippen LogP contribution in [0.4, 0.5) is 0 Å². The van der Waals surface area contributed by atoms with Crippen molar-refractivity contribution in [2.45, 2.75) is 20.3 Å². The molecule has 0 saturated carbocycles. The Balaban J connectivity index is 1.89. The Morgan fingerprint density at radius 3 is 2.67 bits per heavy atom. The van der Waals surface area contributed by atoms with Crippen LogP contribution in [0, 0.1) is 5.41 Å². The number of carbonyl (C=O) groups excluding carboxylic acids is 1. The minimum atomic E-state index is -0.831. The molecule has 0 aliphatic carbocycles. The summed E-state index contributed by atoms with van der Waals surface area (Å²) in [7, 11) is 0. The zero-order chi connectivity index (χ0) is 15.5. The van der Waals surface area contributed by atoms with Crippen LogP contribution in [0.15, 0.2) is 18.2 Å². The molecule has 0 saturated heterocycles. The molecule has 21 heavy (non-hydrogen) atoms. The predicted octanol–water partition coefficient (Wildman–Crippen LogP) is 1.43. The summed E-state index contributed by atoms with van der Waals surface area (Å²) in [5, 5.41) is 2.85. The molecule has 1 aromatic rings. The van der Waals surface area contributed by atoms with Crippen molar-refractivity contribution in [1.29, 1.82) is 0 Å². The fourth-order valence-electron chi connectivity index (χ4n) is 1.90. The third-order valence-electron chi connectivity index (χ3n) is 3.49. The van der Waals surface area contributed by atoms with Gasteiger partial charge in [0.05, 0.1) is 10.4 Å². The van der Waals surface area contributed by atoms with Gasteiger partial charge in [0.1, 0.15) is 13.2 Å². The lowest BCUT2D eigenvalue weighted by Gasteiger charge is -2.22. The number of fused-ring (bicyclic) bond motifs is 1. The lowest BCUT2D eigenvalue weighted by Crippen LogP contribution is -2.45. The number of hydrogen-bond donors (Lipinski definition) is 2. The van der Waals surface area contributed by atoms with Crippen molar-refractivity contribution in [3.63, 3.8) is 0 Å². The lowest BCUT2D eigenvalue weighted by molar-refractivity contribution is -0.126. The van der Waals surface area contributed by atoms with Crippen LogP contribution in [-0.2, 0) is 11.2 Å². The van der Waals surface area contributed by atoms with Gasteiger partial charge in [-0.15, -0.1) is 0 Å². The second kappa shape index (κ2) is 6.30. The van der Waals surface area contributed by atoms with Gasteiger partial charge in [0.15, 0.2) is 11.5 Å². The van der Waals surface area contributed by atoms with E-state index in [0.29, 0.717) is 26.2 Å². The molecular formula is C15H20N2O3S. The monoisotopic (exact) mass is 308 g/mol. The minimum Gasteiger partial charge on any atom is -0.486 e. The van der Waals surface area contributed by atoms with Crippen LogP contribution < -0.4 is 20.5 Å². The number of benzene rings is 1. The molecule has 3 N–H and O–H groups in total. The summed E-state index contributed by atoms with van der Waals surface area (Å²) >= 11 is 4.91. The molecule has 1 aromatic carbocycles. The van der Waals surface area contributed by atoms with Crippen molar-refractivity contribution in [3.05, 3.63) is 23.8 Å². The third-order valence-corrected chi connectivity index (χ3v) is 4.00. The molecule has 0 spiro atoms. The Labute approximate surface area is 129 Å². The van der Waals surface area contributed by atoms with Gasteiger partial charge in [-0.2, -0.15) is 0 Å². The van der Waals surface area contributed by atoms with E-state index < -0.39 is 5.41 Å². The Bertz CT molecular complexity index is 558. The van der Waals surface area contributed by atoms with E-state index in [-0.39, 0.29) is 10.9 Å². The van der Waals surface area contributed by atoms with Gasteiger partial charge >= 0.3 is 0 Å². The highest BCUT2D eigenvalue weighted by Gasteiger charge is 2.30. The van der Waals surface area contributed by atoms with Crippen molar-refractivity contribution in [2.24, 2.45) is 11.1 Å². The molecule has 0 bridgehead atoms. The number of hydrogen-bond acceptors (Lipinski definition) is 4. The van der Waals surface area contributed by atoms with E-state index in [0.717, 1.165) is 17.1 Å². The fraction of sp³-hybridized carbons (Fsp3) is 0.467. The minimum absolute atomic E-state index is 0.160. The van der Waals surface area contributed by atoms with Crippen LogP contribution in [0.2, 0.25) is 0 Å². The Kier molecular flexibility index (Phi) is 4.67. The van der Waals surface area contributed by atoms with Crippen LogP contribution in [0.1, 0.15) is 19.4 Å². The van der Waals surface area contributed by atoms with E-state index in [1.807, 2.05) is 18.2 Å². The van der Waals surface area contributed by atoms with E-state index in [1.165, 1.54) is 0 Å². The molecule has 1 aliphatic rings. The van der Waals surface area contributed by atoms with Gasteiger partial charge in [0.25, 0.3) is 0 Å². The first-order valence-electron chi connectivity index (χ1n) is 6.88. The normalized spacial score (nSPS) is 13.6. The van der Waals surface area contributed by atoms with Crippen LogP contribution in [-0.4, -0.2) is 30.7 Å². The van der Waals surface area contributed by atoms with Crippen molar-refractivity contribution >= 4 is 23.1 Å². The first-order chi connectivity index (χ1) is 9.91. The smallest absolute Gasteiger partial charge is 0.232 e. The highest BCUT2D eigenvalue weighted by molar-refractivity contribution is 7.80. The molecule has 114 valence electrons. The van der Waals surface area contributed by atoms with Gasteiger partial charge in [-0.25, -0.2) is 0 Å². The second-order valence-corrected chi connectivity index (χ2v) is 5.91. The summed E-state index contributed by atoms with van der Waals surface area (Å²) in [6.07, 6.45) is 0.704. The van der Waals surface area contributed by atoms with Crippen LogP contribution in [0.3, 0.4) is 0 Å². The summed E-state index contributed by atoms with van der Waals surface area (Å²) in [6.45, 7) is 5.10. The van der Waals surface area contributed by atoms with E-state index in [9.17, 15) is 4.79 Å². The predicted molar refractivity (Wildman–Crippen MR) is 84.7 cm³/mol. The molecule has 0 fully saturated rings. The van der Waals surface area contributed by atoms with Gasteiger partial charge in [0.2, 0.25) is 5.91 Å². The first-order valence-corrected chi connectivity index (χ1v) is 7.29. The SMILES string of the molecule is CC(C)(C(=O)NCCc1ccc2c(c1)OCCO2)C(N)=S. The van der Waals surface area contributed by atoms with Gasteiger partial charge < -0.3 is 20.5 Å². The molecule has 2 rings (SSSR count). The Morgan fingerprint density at radius 2 is 2.00 bits per heavy atom. The Hall–Kier alpha value is -1.82. The van der Waals surface area contributed by atoms with Crippen molar-refractivity contribution < 1.29 is 14.3 Å². The molecule has 0 radical (unpaired) electrons. The lowest BCUT2D eigenvalue weighted by atomic mass is 9.92. The zero-order valence-corrected chi connectivity index (χ0v) is 13.1. The molecule has 5 nitrogen and oxygen atoms in total. The summed E-state index contributed by atoms with van der Waals surface area (Å²) in [6, 6.07) is 5.81. The maximum absolute atomic E-state index is 12.0. The van der Waals surface area contributed by atoms with E-state index in [2.05, 4.69) is 5.32 Å². The highest BCUT2D eigenvalue weighted by Crippen LogP contribution is 2.30. The number of thiocarbonyl (C=S) groups is 1. The topological polar surface area (TPSA) is 73.6 Å². The molecule has 1 aliphatic heterocycles. The summed E-state index contributed by atoms with van der Waals surface area (Å²) in [5.41, 5.74) is 5.82. The van der Waals surface area contributed by atoms with E-state index in [1.54, 1.807) is 13.8 Å². The number of carbonyl (C=O) groups is 1. The molecule has 6 heteroatoms. The third kappa shape index (κ3) is 3.64.